The molecule has 0 aliphatic heterocycles. The van der Waals surface area contributed by atoms with E-state index in [0.29, 0.717) is 11.3 Å². The van der Waals surface area contributed by atoms with Gasteiger partial charge in [-0.25, -0.2) is 0 Å². The molecule has 0 bridgehead atoms. The molecular formula is C21H22N2O5. The highest BCUT2D eigenvalue weighted by Crippen LogP contribution is 2.12. The Morgan fingerprint density at radius 1 is 1.00 bits per heavy atom. The lowest BCUT2D eigenvalue weighted by Gasteiger charge is -2.14. The first kappa shape index (κ1) is 20.8. The van der Waals surface area contributed by atoms with Gasteiger partial charge in [0, 0.05) is 11.3 Å². The monoisotopic (exact) mass is 382 g/mol. The summed E-state index contributed by atoms with van der Waals surface area (Å²) in [5.74, 6) is -1.70. The molecule has 0 fully saturated rings. The lowest BCUT2D eigenvalue weighted by Crippen LogP contribution is -2.36. The van der Waals surface area contributed by atoms with Gasteiger partial charge in [-0.2, -0.15) is 0 Å². The first-order valence-corrected chi connectivity index (χ1v) is 8.77. The summed E-state index contributed by atoms with van der Waals surface area (Å²) in [6, 6.07) is 15.6. The van der Waals surface area contributed by atoms with Gasteiger partial charge in [0.25, 0.3) is 5.91 Å². The van der Waals surface area contributed by atoms with Crippen molar-refractivity contribution in [3.05, 3.63) is 65.7 Å². The molecule has 0 spiro atoms. The van der Waals surface area contributed by atoms with E-state index in [9.17, 15) is 19.2 Å². The van der Waals surface area contributed by atoms with Crippen molar-refractivity contribution >= 4 is 29.3 Å². The number of rotatable bonds is 8. The normalized spacial score (nSPS) is 11.2. The second-order valence-electron chi connectivity index (χ2n) is 6.20. The molecular weight excluding hydrogens is 360 g/mol. The second kappa shape index (κ2) is 10.0. The van der Waals surface area contributed by atoms with E-state index in [1.165, 1.54) is 13.8 Å². The average molecular weight is 382 g/mol. The van der Waals surface area contributed by atoms with Crippen molar-refractivity contribution in [1.29, 1.82) is 0 Å². The van der Waals surface area contributed by atoms with Crippen LogP contribution in [0.2, 0.25) is 0 Å². The van der Waals surface area contributed by atoms with Gasteiger partial charge < -0.3 is 15.4 Å². The number of carbonyl (C=O) groups is 4. The van der Waals surface area contributed by atoms with Gasteiger partial charge in [-0.15, -0.1) is 0 Å². The summed E-state index contributed by atoms with van der Waals surface area (Å²) in [4.78, 5) is 47.2. The highest BCUT2D eigenvalue weighted by Gasteiger charge is 2.18. The first-order valence-electron chi connectivity index (χ1n) is 8.77. The van der Waals surface area contributed by atoms with Crippen LogP contribution in [0.5, 0.6) is 0 Å². The van der Waals surface area contributed by atoms with E-state index in [1.54, 1.807) is 24.3 Å². The first-order chi connectivity index (χ1) is 13.3. The standard InChI is InChI=1S/C21H22N2O5/c1-14(24)17-9-6-10-18(12-17)23-21(27)15(2)28-20(26)13-22-19(25)11-16-7-4-3-5-8-16/h3-10,12,15H,11,13H2,1-2H3,(H,22,25)(H,23,27)/t15-/m1/s1. The van der Waals surface area contributed by atoms with E-state index in [2.05, 4.69) is 10.6 Å². The smallest absolute Gasteiger partial charge is 0.326 e. The van der Waals surface area contributed by atoms with Gasteiger partial charge in [0.05, 0.1) is 6.42 Å². The Kier molecular flexibility index (Phi) is 7.45. The van der Waals surface area contributed by atoms with Gasteiger partial charge in [0.2, 0.25) is 5.91 Å². The fourth-order valence-electron chi connectivity index (χ4n) is 2.37. The van der Waals surface area contributed by atoms with Crippen molar-refractivity contribution in [2.45, 2.75) is 26.4 Å². The van der Waals surface area contributed by atoms with E-state index < -0.39 is 18.0 Å². The van der Waals surface area contributed by atoms with Crippen molar-refractivity contribution < 1.29 is 23.9 Å². The quantitative estimate of drug-likeness (QED) is 0.538. The number of hydrogen-bond donors (Lipinski definition) is 2. The Morgan fingerprint density at radius 3 is 2.39 bits per heavy atom. The third kappa shape index (κ3) is 6.68. The molecule has 2 rings (SSSR count). The van der Waals surface area contributed by atoms with Gasteiger partial charge >= 0.3 is 5.97 Å². The molecule has 28 heavy (non-hydrogen) atoms. The number of esters is 1. The Balaban J connectivity index is 1.78. The minimum absolute atomic E-state index is 0.123. The number of benzene rings is 2. The maximum Gasteiger partial charge on any atom is 0.326 e. The van der Waals surface area contributed by atoms with Gasteiger partial charge in [-0.1, -0.05) is 42.5 Å². The van der Waals surface area contributed by atoms with Crippen molar-refractivity contribution in [2.24, 2.45) is 0 Å². The maximum absolute atomic E-state index is 12.1. The van der Waals surface area contributed by atoms with Crippen molar-refractivity contribution in [1.82, 2.24) is 5.32 Å². The van der Waals surface area contributed by atoms with Crippen LogP contribution in [0.15, 0.2) is 54.6 Å². The van der Waals surface area contributed by atoms with Gasteiger partial charge in [-0.3, -0.25) is 19.2 Å². The predicted octanol–water partition coefficient (Wildman–Crippen LogP) is 2.12. The van der Waals surface area contributed by atoms with Crippen LogP contribution in [-0.4, -0.2) is 36.2 Å². The fourth-order valence-corrected chi connectivity index (χ4v) is 2.37. The summed E-state index contributed by atoms with van der Waals surface area (Å²) < 4.78 is 5.03. The van der Waals surface area contributed by atoms with E-state index in [-0.39, 0.29) is 24.7 Å². The summed E-state index contributed by atoms with van der Waals surface area (Å²) in [6.07, 6.45) is -0.907. The molecule has 0 aliphatic carbocycles. The summed E-state index contributed by atoms with van der Waals surface area (Å²) in [7, 11) is 0. The van der Waals surface area contributed by atoms with Crippen LogP contribution in [0.1, 0.15) is 29.8 Å². The lowest BCUT2D eigenvalue weighted by atomic mass is 10.1. The summed E-state index contributed by atoms with van der Waals surface area (Å²) in [6.45, 7) is 2.52. The molecule has 2 aromatic rings. The number of ether oxygens (including phenoxy) is 1. The molecule has 7 heteroatoms. The highest BCUT2D eigenvalue weighted by molar-refractivity contribution is 5.98. The minimum Gasteiger partial charge on any atom is -0.451 e. The SMILES string of the molecule is CC(=O)c1cccc(NC(=O)[C@@H](C)OC(=O)CNC(=O)Cc2ccccc2)c1. The molecule has 0 aromatic heterocycles. The predicted molar refractivity (Wildman–Crippen MR) is 104 cm³/mol. The minimum atomic E-state index is -1.06. The fraction of sp³-hybridized carbons (Fsp3) is 0.238. The Hall–Kier alpha value is -3.48. The van der Waals surface area contributed by atoms with Gasteiger partial charge in [0.1, 0.15) is 6.54 Å². The van der Waals surface area contributed by atoms with Crippen LogP contribution in [-0.2, 0) is 25.5 Å². The molecule has 2 N–H and O–H groups in total. The largest absolute Gasteiger partial charge is 0.451 e. The molecule has 0 radical (unpaired) electrons. The molecule has 146 valence electrons. The topological polar surface area (TPSA) is 102 Å². The zero-order valence-corrected chi connectivity index (χ0v) is 15.7. The molecule has 7 nitrogen and oxygen atoms in total. The molecule has 0 saturated carbocycles. The van der Waals surface area contributed by atoms with Crippen LogP contribution in [0, 0.1) is 0 Å². The average Bonchev–Trinajstić information content (AvgIpc) is 2.67. The van der Waals surface area contributed by atoms with Crippen molar-refractivity contribution in [3.63, 3.8) is 0 Å². The van der Waals surface area contributed by atoms with Crippen LogP contribution >= 0.6 is 0 Å². The number of carbonyl (C=O) groups excluding carboxylic acids is 4. The van der Waals surface area contributed by atoms with Gasteiger partial charge in [0.15, 0.2) is 11.9 Å². The van der Waals surface area contributed by atoms with E-state index in [1.807, 2.05) is 30.3 Å². The molecule has 1 atom stereocenters. The third-order valence-electron chi connectivity index (χ3n) is 3.85. The Morgan fingerprint density at radius 2 is 1.71 bits per heavy atom. The van der Waals surface area contributed by atoms with E-state index in [0.717, 1.165) is 5.56 Å². The number of ketones is 1. The van der Waals surface area contributed by atoms with Gasteiger partial charge in [-0.05, 0) is 31.5 Å². The molecule has 0 aliphatic rings. The van der Waals surface area contributed by atoms with E-state index in [4.69, 9.17) is 4.74 Å². The summed E-state index contributed by atoms with van der Waals surface area (Å²) in [5, 5.41) is 5.05. The summed E-state index contributed by atoms with van der Waals surface area (Å²) in [5.41, 5.74) is 1.72. The second-order valence-corrected chi connectivity index (χ2v) is 6.20. The highest BCUT2D eigenvalue weighted by atomic mass is 16.5. The zero-order valence-electron chi connectivity index (χ0n) is 15.7. The Labute approximate surface area is 163 Å². The number of amides is 2. The van der Waals surface area contributed by atoms with E-state index >= 15 is 0 Å². The number of nitrogens with one attached hydrogen (secondary N) is 2. The number of hydrogen-bond acceptors (Lipinski definition) is 5. The molecule has 0 heterocycles. The molecule has 0 saturated heterocycles. The van der Waals surface area contributed by atoms with Crippen molar-refractivity contribution in [2.75, 3.05) is 11.9 Å². The van der Waals surface area contributed by atoms with Crippen LogP contribution in [0.4, 0.5) is 5.69 Å². The third-order valence-corrected chi connectivity index (χ3v) is 3.85. The maximum atomic E-state index is 12.1. The molecule has 2 aromatic carbocycles. The lowest BCUT2D eigenvalue weighted by molar-refractivity contribution is -0.152. The number of Topliss-reactive ketones (excluding diaryl/α,β-unsaturated/α-hetero) is 1. The Bertz CT molecular complexity index is 864. The van der Waals surface area contributed by atoms with Crippen LogP contribution in [0.25, 0.3) is 0 Å². The van der Waals surface area contributed by atoms with Crippen molar-refractivity contribution in [3.8, 4) is 0 Å². The summed E-state index contributed by atoms with van der Waals surface area (Å²) >= 11 is 0. The molecule has 2 amide bonds. The van der Waals surface area contributed by atoms with Crippen LogP contribution < -0.4 is 10.6 Å². The van der Waals surface area contributed by atoms with Crippen LogP contribution in [0.3, 0.4) is 0 Å². The molecule has 0 unspecified atom stereocenters. The number of anilines is 1. The zero-order chi connectivity index (χ0) is 20.5.